The lowest BCUT2D eigenvalue weighted by molar-refractivity contribution is -0.0131. The molecule has 1 unspecified atom stereocenters. The van der Waals surface area contributed by atoms with Gasteiger partial charge in [-0.05, 0) is 44.0 Å². The summed E-state index contributed by atoms with van der Waals surface area (Å²) < 4.78 is 0. The molecule has 0 aromatic carbocycles. The number of hydrogen-bond acceptors (Lipinski definition) is 6. The van der Waals surface area contributed by atoms with Crippen LogP contribution in [-0.2, 0) is 0 Å². The maximum absolute atomic E-state index is 12.9. The van der Waals surface area contributed by atoms with Crippen molar-refractivity contribution in [2.45, 2.75) is 18.9 Å². The predicted molar refractivity (Wildman–Crippen MR) is 106 cm³/mol. The lowest BCUT2D eigenvalue weighted by atomic mass is 9.83. The summed E-state index contributed by atoms with van der Waals surface area (Å²) in [6.07, 6.45) is 9.39. The van der Waals surface area contributed by atoms with Gasteiger partial charge in [0.05, 0.1) is 5.56 Å². The van der Waals surface area contributed by atoms with E-state index in [1.54, 1.807) is 24.8 Å². The molecule has 2 aromatic heterocycles. The Kier molecular flexibility index (Phi) is 4.78. The summed E-state index contributed by atoms with van der Waals surface area (Å²) >= 11 is 0. The van der Waals surface area contributed by atoms with E-state index >= 15 is 0 Å². The Morgan fingerprint density at radius 3 is 2.32 bits per heavy atom. The number of pyridine rings is 1. The van der Waals surface area contributed by atoms with Crippen LogP contribution in [0.2, 0.25) is 0 Å². The molecule has 7 heteroatoms. The molecule has 6 heterocycles. The van der Waals surface area contributed by atoms with Crippen LogP contribution in [0.15, 0.2) is 36.9 Å². The molecule has 4 saturated heterocycles. The monoisotopic (exact) mass is 378 g/mol. The van der Waals surface area contributed by atoms with Crippen LogP contribution in [0, 0.1) is 5.92 Å². The van der Waals surface area contributed by atoms with Crippen molar-refractivity contribution < 1.29 is 4.79 Å². The molecule has 1 atom stereocenters. The first-order valence-electron chi connectivity index (χ1n) is 10.3. The van der Waals surface area contributed by atoms with Gasteiger partial charge in [0.2, 0.25) is 0 Å². The first-order valence-corrected chi connectivity index (χ1v) is 10.3. The molecule has 1 amide bonds. The molecule has 0 radical (unpaired) electrons. The SMILES string of the molecule is O=C(c1cnc(-c2cccnc2)nc1)N1CCN(C2CN3CCC2CC3)CC1. The number of rotatable bonds is 3. The molecule has 0 saturated carbocycles. The van der Waals surface area contributed by atoms with E-state index in [0.29, 0.717) is 17.4 Å². The number of carbonyl (C=O) groups is 1. The molecule has 2 bridgehead atoms. The molecule has 7 nitrogen and oxygen atoms in total. The summed E-state index contributed by atoms with van der Waals surface area (Å²) in [5, 5.41) is 0. The zero-order chi connectivity index (χ0) is 18.9. The second-order valence-electron chi connectivity index (χ2n) is 8.07. The van der Waals surface area contributed by atoms with Gasteiger partial charge in [0.1, 0.15) is 0 Å². The second-order valence-corrected chi connectivity index (χ2v) is 8.07. The standard InChI is InChI=1S/C21H26N6O/c28-21(18-13-23-20(24-14-18)17-2-1-5-22-12-17)27-10-8-26(9-11-27)19-15-25-6-3-16(19)4-7-25/h1-2,5,12-14,16,19H,3-4,6-11,15H2. The zero-order valence-electron chi connectivity index (χ0n) is 16.1. The summed E-state index contributed by atoms with van der Waals surface area (Å²) in [4.78, 5) is 32.8. The van der Waals surface area contributed by atoms with Crippen LogP contribution >= 0.6 is 0 Å². The van der Waals surface area contributed by atoms with Crippen molar-refractivity contribution in [3.8, 4) is 11.4 Å². The number of amides is 1. The van der Waals surface area contributed by atoms with Gasteiger partial charge in [-0.3, -0.25) is 14.7 Å². The highest BCUT2D eigenvalue weighted by Gasteiger charge is 2.38. The molecule has 4 aliphatic rings. The fourth-order valence-corrected chi connectivity index (χ4v) is 4.87. The third kappa shape index (κ3) is 3.40. The molecule has 0 aliphatic carbocycles. The number of nitrogens with zero attached hydrogens (tertiary/aromatic N) is 6. The van der Waals surface area contributed by atoms with Crippen LogP contribution in [0.1, 0.15) is 23.2 Å². The highest BCUT2D eigenvalue weighted by Crippen LogP contribution is 2.31. The maximum Gasteiger partial charge on any atom is 0.257 e. The smallest absolute Gasteiger partial charge is 0.257 e. The maximum atomic E-state index is 12.9. The number of piperazine rings is 1. The van der Waals surface area contributed by atoms with Gasteiger partial charge in [-0.1, -0.05) is 0 Å². The van der Waals surface area contributed by atoms with Crippen molar-refractivity contribution in [2.75, 3.05) is 45.8 Å². The Labute approximate surface area is 165 Å². The summed E-state index contributed by atoms with van der Waals surface area (Å²) in [6.45, 7) is 7.26. The van der Waals surface area contributed by atoms with Crippen molar-refractivity contribution >= 4 is 5.91 Å². The molecule has 4 fully saturated rings. The first-order chi connectivity index (χ1) is 13.8. The fourth-order valence-electron chi connectivity index (χ4n) is 4.87. The Morgan fingerprint density at radius 1 is 0.964 bits per heavy atom. The lowest BCUT2D eigenvalue weighted by Gasteiger charge is -2.51. The van der Waals surface area contributed by atoms with Gasteiger partial charge < -0.3 is 9.80 Å². The van der Waals surface area contributed by atoms with E-state index in [9.17, 15) is 4.79 Å². The number of piperidine rings is 3. The van der Waals surface area contributed by atoms with Crippen molar-refractivity contribution in [1.82, 2.24) is 29.7 Å². The Morgan fingerprint density at radius 2 is 1.71 bits per heavy atom. The van der Waals surface area contributed by atoms with Crippen LogP contribution in [-0.4, -0.2) is 87.4 Å². The molecular formula is C21H26N6O. The van der Waals surface area contributed by atoms with Gasteiger partial charge in [-0.15, -0.1) is 0 Å². The summed E-state index contributed by atoms with van der Waals surface area (Å²) in [5.41, 5.74) is 1.41. The van der Waals surface area contributed by atoms with Crippen LogP contribution in [0.25, 0.3) is 11.4 Å². The van der Waals surface area contributed by atoms with E-state index in [0.717, 1.165) is 37.7 Å². The number of fused-ring (bicyclic) bond motifs is 3. The average Bonchev–Trinajstić information content (AvgIpc) is 2.80. The molecule has 0 spiro atoms. The predicted octanol–water partition coefficient (Wildman–Crippen LogP) is 1.39. The normalized spacial score (nSPS) is 27.7. The summed E-state index contributed by atoms with van der Waals surface area (Å²) in [6, 6.07) is 4.45. The van der Waals surface area contributed by atoms with Gasteiger partial charge >= 0.3 is 0 Å². The molecule has 2 aromatic rings. The van der Waals surface area contributed by atoms with Crippen molar-refractivity contribution in [1.29, 1.82) is 0 Å². The summed E-state index contributed by atoms with van der Waals surface area (Å²) in [7, 11) is 0. The van der Waals surface area contributed by atoms with E-state index < -0.39 is 0 Å². The van der Waals surface area contributed by atoms with E-state index in [4.69, 9.17) is 0 Å². The third-order valence-corrected chi connectivity index (χ3v) is 6.51. The average molecular weight is 378 g/mol. The van der Waals surface area contributed by atoms with Crippen LogP contribution in [0.4, 0.5) is 0 Å². The minimum absolute atomic E-state index is 0.0336. The van der Waals surface area contributed by atoms with Crippen molar-refractivity contribution in [3.63, 3.8) is 0 Å². The van der Waals surface area contributed by atoms with E-state index in [2.05, 4.69) is 24.8 Å². The molecular weight excluding hydrogens is 352 g/mol. The minimum atomic E-state index is 0.0336. The molecule has 0 N–H and O–H groups in total. The quantitative estimate of drug-likeness (QED) is 0.804. The van der Waals surface area contributed by atoms with Gasteiger partial charge in [0, 0.05) is 69.1 Å². The zero-order valence-corrected chi connectivity index (χ0v) is 16.1. The van der Waals surface area contributed by atoms with Gasteiger partial charge in [-0.25, -0.2) is 9.97 Å². The molecule has 4 aliphatic heterocycles. The van der Waals surface area contributed by atoms with E-state index in [-0.39, 0.29) is 5.91 Å². The third-order valence-electron chi connectivity index (χ3n) is 6.51. The van der Waals surface area contributed by atoms with Crippen LogP contribution in [0.3, 0.4) is 0 Å². The summed E-state index contributed by atoms with van der Waals surface area (Å²) in [5.74, 6) is 1.48. The Balaban J connectivity index is 1.20. The number of carbonyl (C=O) groups excluding carboxylic acids is 1. The lowest BCUT2D eigenvalue weighted by Crippen LogP contribution is -2.61. The van der Waals surface area contributed by atoms with Crippen LogP contribution < -0.4 is 0 Å². The highest BCUT2D eigenvalue weighted by molar-refractivity contribution is 5.93. The van der Waals surface area contributed by atoms with E-state index in [1.165, 1.54) is 32.5 Å². The largest absolute Gasteiger partial charge is 0.336 e. The highest BCUT2D eigenvalue weighted by atomic mass is 16.2. The van der Waals surface area contributed by atoms with Crippen LogP contribution in [0.5, 0.6) is 0 Å². The topological polar surface area (TPSA) is 65.5 Å². The van der Waals surface area contributed by atoms with Crippen molar-refractivity contribution in [3.05, 3.63) is 42.5 Å². The second kappa shape index (κ2) is 7.56. The molecule has 28 heavy (non-hydrogen) atoms. The fraction of sp³-hybridized carbons (Fsp3) is 0.524. The Hall–Kier alpha value is -2.38. The number of aromatic nitrogens is 3. The van der Waals surface area contributed by atoms with Gasteiger partial charge in [-0.2, -0.15) is 0 Å². The Bertz CT molecular complexity index is 811. The van der Waals surface area contributed by atoms with Crippen molar-refractivity contribution in [2.24, 2.45) is 5.92 Å². The molecule has 6 rings (SSSR count). The van der Waals surface area contributed by atoms with Gasteiger partial charge in [0.15, 0.2) is 5.82 Å². The number of hydrogen-bond donors (Lipinski definition) is 0. The minimum Gasteiger partial charge on any atom is -0.336 e. The first kappa shape index (κ1) is 17.7. The van der Waals surface area contributed by atoms with Gasteiger partial charge in [0.25, 0.3) is 5.91 Å². The van der Waals surface area contributed by atoms with E-state index in [1.807, 2.05) is 17.0 Å². The molecule has 146 valence electrons.